The zero-order valence-electron chi connectivity index (χ0n) is 15.8. The Hall–Kier alpha value is -2.68. The van der Waals surface area contributed by atoms with Crippen LogP contribution in [0.15, 0.2) is 18.3 Å². The second-order valence-corrected chi connectivity index (χ2v) is 6.18. The van der Waals surface area contributed by atoms with Crippen molar-refractivity contribution in [3.8, 4) is 0 Å². The Morgan fingerprint density at radius 3 is 2.44 bits per heavy atom. The molecule has 1 saturated heterocycles. The van der Waals surface area contributed by atoms with Crippen LogP contribution in [0.5, 0.6) is 0 Å². The van der Waals surface area contributed by atoms with Crippen molar-refractivity contribution in [3.63, 3.8) is 0 Å². The second-order valence-electron chi connectivity index (χ2n) is 6.18. The van der Waals surface area contributed by atoms with Crippen molar-refractivity contribution >= 4 is 29.3 Å². The van der Waals surface area contributed by atoms with Crippen molar-refractivity contribution < 1.29 is 23.9 Å². The first-order valence-corrected chi connectivity index (χ1v) is 8.88. The number of rotatable bonds is 8. The molecule has 0 aromatic carbocycles. The summed E-state index contributed by atoms with van der Waals surface area (Å²) in [4.78, 5) is 43.1. The van der Waals surface area contributed by atoms with Gasteiger partial charge in [0, 0.05) is 46.1 Å². The number of methoxy groups -OCH3 is 2. The molecule has 2 amide bonds. The summed E-state index contributed by atoms with van der Waals surface area (Å²) in [5, 5.41) is 2.70. The lowest BCUT2D eigenvalue weighted by Crippen LogP contribution is -2.49. The predicted octanol–water partition coefficient (Wildman–Crippen LogP) is 0.658. The van der Waals surface area contributed by atoms with Crippen molar-refractivity contribution in [2.75, 3.05) is 57.2 Å². The van der Waals surface area contributed by atoms with Gasteiger partial charge in [-0.2, -0.15) is 0 Å². The molecule has 1 aromatic heterocycles. The highest BCUT2D eigenvalue weighted by Crippen LogP contribution is 2.17. The molecular weight excluding hydrogens is 352 g/mol. The summed E-state index contributed by atoms with van der Waals surface area (Å²) in [6, 6.07) is 3.64. The molecule has 0 bridgehead atoms. The monoisotopic (exact) mass is 378 g/mol. The lowest BCUT2D eigenvalue weighted by molar-refractivity contribution is -0.141. The first-order chi connectivity index (χ1) is 13.0. The van der Waals surface area contributed by atoms with E-state index in [4.69, 9.17) is 4.74 Å². The third-order valence-electron chi connectivity index (χ3n) is 4.26. The number of piperazine rings is 1. The summed E-state index contributed by atoms with van der Waals surface area (Å²) in [6.45, 7) is 2.60. The summed E-state index contributed by atoms with van der Waals surface area (Å²) in [6.07, 6.45) is 2.72. The minimum atomic E-state index is -0.291. The summed E-state index contributed by atoms with van der Waals surface area (Å²) >= 11 is 0. The Morgan fingerprint density at radius 2 is 1.85 bits per heavy atom. The van der Waals surface area contributed by atoms with E-state index in [-0.39, 0.29) is 30.8 Å². The van der Waals surface area contributed by atoms with Crippen LogP contribution < -0.4 is 10.2 Å². The molecule has 1 aromatic rings. The average Bonchev–Trinajstić information content (AvgIpc) is 2.68. The number of aromatic nitrogens is 1. The molecule has 0 saturated carbocycles. The largest absolute Gasteiger partial charge is 0.469 e. The maximum Gasteiger partial charge on any atom is 0.305 e. The number of nitrogens with one attached hydrogen (secondary N) is 1. The van der Waals surface area contributed by atoms with E-state index in [9.17, 15) is 14.4 Å². The Kier molecular flexibility index (Phi) is 8.00. The maximum atomic E-state index is 12.2. The van der Waals surface area contributed by atoms with Gasteiger partial charge in [0.05, 0.1) is 19.0 Å². The van der Waals surface area contributed by atoms with Gasteiger partial charge in [-0.05, 0) is 18.6 Å². The quantitative estimate of drug-likeness (QED) is 0.663. The van der Waals surface area contributed by atoms with Gasteiger partial charge >= 0.3 is 5.97 Å². The predicted molar refractivity (Wildman–Crippen MR) is 99.4 cm³/mol. The summed E-state index contributed by atoms with van der Waals surface area (Å²) in [5.74, 6) is 0.340. The molecule has 0 aliphatic carbocycles. The van der Waals surface area contributed by atoms with Gasteiger partial charge in [-0.1, -0.05) is 0 Å². The molecule has 9 heteroatoms. The fourth-order valence-electron chi connectivity index (χ4n) is 2.80. The number of hydrogen-bond acceptors (Lipinski definition) is 7. The van der Waals surface area contributed by atoms with Crippen molar-refractivity contribution in [3.05, 3.63) is 18.3 Å². The second kappa shape index (κ2) is 10.5. The number of carbonyl (C=O) groups excluding carboxylic acids is 3. The molecule has 2 rings (SSSR count). The van der Waals surface area contributed by atoms with Gasteiger partial charge < -0.3 is 24.6 Å². The fraction of sp³-hybridized carbons (Fsp3) is 0.556. The number of hydrogen-bond donors (Lipinski definition) is 1. The van der Waals surface area contributed by atoms with Gasteiger partial charge in [-0.3, -0.25) is 14.4 Å². The highest BCUT2D eigenvalue weighted by molar-refractivity contribution is 5.91. The number of anilines is 2. The molecule has 1 N–H and O–H groups in total. The SMILES string of the molecule is COCC(=O)Nc1ccc(N2CCN(C(=O)CCCC(=O)OC)CC2)nc1. The Labute approximate surface area is 158 Å². The lowest BCUT2D eigenvalue weighted by Gasteiger charge is -2.35. The van der Waals surface area contributed by atoms with Crippen molar-refractivity contribution in [2.45, 2.75) is 19.3 Å². The molecule has 0 unspecified atom stereocenters. The van der Waals surface area contributed by atoms with Crippen LogP contribution in [-0.4, -0.2) is 74.7 Å². The Bertz CT molecular complexity index is 642. The first-order valence-electron chi connectivity index (χ1n) is 8.88. The standard InChI is InChI=1S/C18H26N4O5/c1-26-13-16(23)20-14-6-7-15(19-12-14)21-8-10-22(11-9-21)17(24)4-3-5-18(25)27-2/h6-7,12H,3-5,8-11,13H2,1-2H3,(H,20,23). The van der Waals surface area contributed by atoms with E-state index in [1.807, 2.05) is 11.0 Å². The van der Waals surface area contributed by atoms with E-state index in [0.29, 0.717) is 44.7 Å². The van der Waals surface area contributed by atoms with Crippen LogP contribution in [0.2, 0.25) is 0 Å². The average molecular weight is 378 g/mol. The van der Waals surface area contributed by atoms with E-state index >= 15 is 0 Å². The van der Waals surface area contributed by atoms with Crippen LogP contribution in [0.1, 0.15) is 19.3 Å². The fourth-order valence-corrected chi connectivity index (χ4v) is 2.80. The summed E-state index contributed by atoms with van der Waals surface area (Å²) in [7, 11) is 2.81. The summed E-state index contributed by atoms with van der Waals surface area (Å²) in [5.41, 5.74) is 0.611. The molecule has 0 radical (unpaired) electrons. The third-order valence-corrected chi connectivity index (χ3v) is 4.26. The molecule has 1 aliphatic heterocycles. The van der Waals surface area contributed by atoms with Gasteiger partial charge in [0.25, 0.3) is 0 Å². The number of pyridine rings is 1. The van der Waals surface area contributed by atoms with Crippen LogP contribution in [-0.2, 0) is 23.9 Å². The molecule has 9 nitrogen and oxygen atoms in total. The molecule has 27 heavy (non-hydrogen) atoms. The van der Waals surface area contributed by atoms with Gasteiger partial charge in [0.2, 0.25) is 11.8 Å². The number of ether oxygens (including phenoxy) is 2. The van der Waals surface area contributed by atoms with Crippen LogP contribution in [0, 0.1) is 0 Å². The smallest absolute Gasteiger partial charge is 0.305 e. The number of nitrogens with zero attached hydrogens (tertiary/aromatic N) is 3. The van der Waals surface area contributed by atoms with Gasteiger partial charge in [-0.15, -0.1) is 0 Å². The van der Waals surface area contributed by atoms with Crippen molar-refractivity contribution in [1.29, 1.82) is 0 Å². The van der Waals surface area contributed by atoms with Crippen LogP contribution in [0.25, 0.3) is 0 Å². The van der Waals surface area contributed by atoms with E-state index < -0.39 is 0 Å². The van der Waals surface area contributed by atoms with E-state index in [1.165, 1.54) is 14.2 Å². The van der Waals surface area contributed by atoms with E-state index in [2.05, 4.69) is 19.9 Å². The normalized spacial score (nSPS) is 14.0. The minimum absolute atomic E-state index is 0.00261. The highest BCUT2D eigenvalue weighted by atomic mass is 16.5. The van der Waals surface area contributed by atoms with Crippen LogP contribution in [0.4, 0.5) is 11.5 Å². The Morgan fingerprint density at radius 1 is 1.11 bits per heavy atom. The maximum absolute atomic E-state index is 12.2. The van der Waals surface area contributed by atoms with Crippen molar-refractivity contribution in [1.82, 2.24) is 9.88 Å². The third kappa shape index (κ3) is 6.52. The number of amides is 2. The van der Waals surface area contributed by atoms with E-state index in [1.54, 1.807) is 12.3 Å². The molecule has 1 fully saturated rings. The van der Waals surface area contributed by atoms with Gasteiger partial charge in [0.1, 0.15) is 12.4 Å². The lowest BCUT2D eigenvalue weighted by atomic mass is 10.2. The number of esters is 1. The summed E-state index contributed by atoms with van der Waals surface area (Å²) < 4.78 is 9.35. The highest BCUT2D eigenvalue weighted by Gasteiger charge is 2.21. The minimum Gasteiger partial charge on any atom is -0.469 e. The molecule has 0 atom stereocenters. The zero-order chi connectivity index (χ0) is 19.6. The molecule has 148 valence electrons. The van der Waals surface area contributed by atoms with Crippen molar-refractivity contribution in [2.24, 2.45) is 0 Å². The molecule has 2 heterocycles. The van der Waals surface area contributed by atoms with E-state index in [0.717, 1.165) is 5.82 Å². The topological polar surface area (TPSA) is 101 Å². The Balaban J connectivity index is 1.77. The van der Waals surface area contributed by atoms with Gasteiger partial charge in [0.15, 0.2) is 0 Å². The van der Waals surface area contributed by atoms with Crippen LogP contribution >= 0.6 is 0 Å². The molecule has 1 aliphatic rings. The molecular formula is C18H26N4O5. The molecule has 0 spiro atoms. The zero-order valence-corrected chi connectivity index (χ0v) is 15.8. The first kappa shape index (κ1) is 20.6. The number of carbonyl (C=O) groups is 3. The van der Waals surface area contributed by atoms with Crippen LogP contribution in [0.3, 0.4) is 0 Å². The van der Waals surface area contributed by atoms with Gasteiger partial charge in [-0.25, -0.2) is 4.98 Å².